The van der Waals surface area contributed by atoms with Gasteiger partial charge in [-0.05, 0) is 44.0 Å². The second-order valence-electron chi connectivity index (χ2n) is 6.33. The number of amides is 1. The first-order valence-corrected chi connectivity index (χ1v) is 8.04. The molecule has 2 bridgehead atoms. The van der Waals surface area contributed by atoms with Gasteiger partial charge in [-0.25, -0.2) is 4.98 Å². The Bertz CT molecular complexity index is 719. The van der Waals surface area contributed by atoms with Crippen molar-refractivity contribution in [2.75, 3.05) is 25.4 Å². The smallest absolute Gasteiger partial charge is 0.307 e. The number of fused-ring (bicyclic) bond motifs is 3. The number of oxazole rings is 1. The number of nitrogens with one attached hydrogen (secondary N) is 1. The molecular weight excluding hydrogens is 292 g/mol. The highest BCUT2D eigenvalue weighted by molar-refractivity contribution is 5.90. The fraction of sp³-hybridized carbons (Fsp3) is 0.412. The second kappa shape index (κ2) is 5.70. The van der Waals surface area contributed by atoms with Crippen LogP contribution in [0.4, 0.5) is 5.69 Å². The van der Waals surface area contributed by atoms with Crippen LogP contribution in [0, 0.1) is 5.92 Å². The van der Waals surface area contributed by atoms with Crippen LogP contribution >= 0.6 is 0 Å². The largest absolute Gasteiger partial charge is 0.432 e. The van der Waals surface area contributed by atoms with Crippen molar-refractivity contribution in [3.8, 4) is 11.3 Å². The number of rotatable bonds is 3. The molecule has 0 radical (unpaired) electrons. The van der Waals surface area contributed by atoms with E-state index in [4.69, 9.17) is 10.2 Å². The van der Waals surface area contributed by atoms with Gasteiger partial charge in [0.2, 0.25) is 0 Å². The lowest BCUT2D eigenvalue weighted by Gasteiger charge is -2.44. The molecule has 3 fully saturated rings. The summed E-state index contributed by atoms with van der Waals surface area (Å²) in [5, 5.41) is 3.08. The number of carbonyl (C=O) groups excluding carboxylic acids is 1. The second-order valence-corrected chi connectivity index (χ2v) is 6.33. The molecule has 3 aliphatic rings. The van der Waals surface area contributed by atoms with E-state index in [-0.39, 0.29) is 17.8 Å². The average Bonchev–Trinajstić information content (AvgIpc) is 3.06. The van der Waals surface area contributed by atoms with Crippen LogP contribution in [0.3, 0.4) is 0 Å². The number of carbonyl (C=O) groups is 1. The van der Waals surface area contributed by atoms with Crippen molar-refractivity contribution in [3.05, 3.63) is 36.4 Å². The molecule has 6 nitrogen and oxygen atoms in total. The van der Waals surface area contributed by atoms with Crippen molar-refractivity contribution < 1.29 is 9.21 Å². The van der Waals surface area contributed by atoms with E-state index in [9.17, 15) is 4.79 Å². The van der Waals surface area contributed by atoms with E-state index in [1.165, 1.54) is 0 Å². The number of benzene rings is 1. The third-order valence-corrected chi connectivity index (χ3v) is 4.90. The lowest BCUT2D eigenvalue weighted by molar-refractivity contribution is 0.0602. The molecule has 3 saturated heterocycles. The van der Waals surface area contributed by atoms with Crippen LogP contribution in [0.2, 0.25) is 0 Å². The van der Waals surface area contributed by atoms with Crippen molar-refractivity contribution in [1.29, 1.82) is 0 Å². The molecule has 3 aliphatic heterocycles. The summed E-state index contributed by atoms with van der Waals surface area (Å²) in [4.78, 5) is 18.9. The Morgan fingerprint density at radius 1 is 1.30 bits per heavy atom. The first-order valence-electron chi connectivity index (χ1n) is 8.04. The maximum atomic E-state index is 12.4. The van der Waals surface area contributed by atoms with Gasteiger partial charge in [0, 0.05) is 23.8 Å². The van der Waals surface area contributed by atoms with Gasteiger partial charge < -0.3 is 20.4 Å². The summed E-state index contributed by atoms with van der Waals surface area (Å²) >= 11 is 0. The number of nitrogens with zero attached hydrogens (tertiary/aromatic N) is 2. The summed E-state index contributed by atoms with van der Waals surface area (Å²) in [5.41, 5.74) is 7.29. The van der Waals surface area contributed by atoms with Crippen LogP contribution in [0.1, 0.15) is 23.5 Å². The quantitative estimate of drug-likeness (QED) is 0.844. The van der Waals surface area contributed by atoms with Crippen LogP contribution in [-0.4, -0.2) is 41.5 Å². The summed E-state index contributed by atoms with van der Waals surface area (Å²) < 4.78 is 5.62. The van der Waals surface area contributed by atoms with Gasteiger partial charge in [0.25, 0.3) is 5.89 Å². The molecule has 6 heteroatoms. The van der Waals surface area contributed by atoms with E-state index < -0.39 is 0 Å². The third-order valence-electron chi connectivity index (χ3n) is 4.90. The molecular formula is C17H20N4O2. The topological polar surface area (TPSA) is 84.4 Å². The molecule has 0 saturated carbocycles. The van der Waals surface area contributed by atoms with E-state index in [1.807, 2.05) is 18.2 Å². The zero-order chi connectivity index (χ0) is 15.8. The number of anilines is 1. The highest BCUT2D eigenvalue weighted by Crippen LogP contribution is 2.28. The van der Waals surface area contributed by atoms with Crippen molar-refractivity contribution in [3.63, 3.8) is 0 Å². The Kier molecular flexibility index (Phi) is 3.53. The predicted octanol–water partition coefficient (Wildman–Crippen LogP) is 1.75. The van der Waals surface area contributed by atoms with E-state index in [2.05, 4.69) is 15.2 Å². The SMILES string of the molecule is Nc1ccccc1-c1cnc(C(=O)NC2CN3CCC2CC3)o1. The number of para-hydroxylation sites is 1. The van der Waals surface area contributed by atoms with E-state index in [0.29, 0.717) is 17.4 Å². The third kappa shape index (κ3) is 2.70. The number of nitrogen functional groups attached to an aromatic ring is 1. The molecule has 1 unspecified atom stereocenters. The standard InChI is InChI=1S/C17H20N4O2/c18-13-4-2-1-3-12(13)15-9-19-17(23-15)16(22)20-14-10-21-7-5-11(14)6-8-21/h1-4,9,11,14H,5-8,10,18H2,(H,20,22). The van der Waals surface area contributed by atoms with Crippen LogP contribution < -0.4 is 11.1 Å². The zero-order valence-corrected chi connectivity index (χ0v) is 12.9. The Labute approximate surface area is 134 Å². The van der Waals surface area contributed by atoms with Crippen molar-refractivity contribution in [2.45, 2.75) is 18.9 Å². The number of piperidine rings is 3. The van der Waals surface area contributed by atoms with Gasteiger partial charge >= 0.3 is 5.91 Å². The first kappa shape index (κ1) is 14.3. The molecule has 0 aliphatic carbocycles. The Balaban J connectivity index is 1.48. The van der Waals surface area contributed by atoms with Gasteiger partial charge in [-0.1, -0.05) is 12.1 Å². The molecule has 1 atom stereocenters. The van der Waals surface area contributed by atoms with Gasteiger partial charge in [-0.3, -0.25) is 4.79 Å². The highest BCUT2D eigenvalue weighted by atomic mass is 16.4. The van der Waals surface area contributed by atoms with Crippen LogP contribution in [-0.2, 0) is 0 Å². The molecule has 5 rings (SSSR count). The van der Waals surface area contributed by atoms with Crippen molar-refractivity contribution in [1.82, 2.24) is 15.2 Å². The van der Waals surface area contributed by atoms with Crippen LogP contribution in [0.5, 0.6) is 0 Å². The van der Waals surface area contributed by atoms with Crippen LogP contribution in [0.25, 0.3) is 11.3 Å². The predicted molar refractivity (Wildman–Crippen MR) is 86.8 cm³/mol. The summed E-state index contributed by atoms with van der Waals surface area (Å²) in [6.07, 6.45) is 3.86. The molecule has 4 heterocycles. The molecule has 0 spiro atoms. The molecule has 1 aromatic heterocycles. The van der Waals surface area contributed by atoms with Gasteiger partial charge in [-0.15, -0.1) is 0 Å². The maximum absolute atomic E-state index is 12.4. The summed E-state index contributed by atoms with van der Waals surface area (Å²) in [7, 11) is 0. The summed E-state index contributed by atoms with van der Waals surface area (Å²) in [6, 6.07) is 7.58. The van der Waals surface area contributed by atoms with E-state index >= 15 is 0 Å². The Hall–Kier alpha value is -2.34. The maximum Gasteiger partial charge on any atom is 0.307 e. The van der Waals surface area contributed by atoms with Gasteiger partial charge in [0.15, 0.2) is 5.76 Å². The Morgan fingerprint density at radius 2 is 2.09 bits per heavy atom. The lowest BCUT2D eigenvalue weighted by Crippen LogP contribution is -2.57. The molecule has 120 valence electrons. The van der Waals surface area contributed by atoms with Gasteiger partial charge in [-0.2, -0.15) is 0 Å². The summed E-state index contributed by atoms with van der Waals surface area (Å²) in [6.45, 7) is 3.22. The highest BCUT2D eigenvalue weighted by Gasteiger charge is 2.35. The number of hydrogen-bond acceptors (Lipinski definition) is 5. The monoisotopic (exact) mass is 312 g/mol. The van der Waals surface area contributed by atoms with E-state index in [0.717, 1.165) is 38.0 Å². The minimum atomic E-state index is -0.246. The fourth-order valence-corrected chi connectivity index (χ4v) is 3.58. The van der Waals surface area contributed by atoms with Gasteiger partial charge in [0.05, 0.1) is 6.20 Å². The summed E-state index contributed by atoms with van der Waals surface area (Å²) in [5.74, 6) is 0.939. The minimum absolute atomic E-state index is 0.0969. The fourth-order valence-electron chi connectivity index (χ4n) is 3.58. The number of nitrogens with two attached hydrogens (primary N) is 1. The molecule has 3 N–H and O–H groups in total. The molecule has 1 amide bonds. The van der Waals surface area contributed by atoms with Crippen molar-refractivity contribution in [2.24, 2.45) is 5.92 Å². The molecule has 23 heavy (non-hydrogen) atoms. The first-order chi connectivity index (χ1) is 11.2. The van der Waals surface area contributed by atoms with Gasteiger partial charge in [0.1, 0.15) is 0 Å². The zero-order valence-electron chi connectivity index (χ0n) is 12.9. The lowest BCUT2D eigenvalue weighted by atomic mass is 9.84. The normalized spacial score (nSPS) is 26.2. The van der Waals surface area contributed by atoms with Crippen molar-refractivity contribution >= 4 is 11.6 Å². The van der Waals surface area contributed by atoms with Crippen LogP contribution in [0.15, 0.2) is 34.9 Å². The molecule has 1 aromatic carbocycles. The Morgan fingerprint density at radius 3 is 2.78 bits per heavy atom. The number of aromatic nitrogens is 1. The minimum Gasteiger partial charge on any atom is -0.432 e. The average molecular weight is 312 g/mol. The van der Waals surface area contributed by atoms with E-state index in [1.54, 1.807) is 12.3 Å². The number of hydrogen-bond donors (Lipinski definition) is 2. The molecule has 2 aromatic rings.